The second-order valence-electron chi connectivity index (χ2n) is 4.81. The molecule has 7 heteroatoms. The van der Waals surface area contributed by atoms with Gasteiger partial charge in [-0.05, 0) is 24.1 Å². The number of Topliss-reactive ketones (excluding diaryl/α,β-unsaturated/α-hetero) is 1. The first-order chi connectivity index (χ1) is 10.2. The number of alkyl halides is 3. The number of hydrogen-bond donors (Lipinski definition) is 2. The molecule has 0 spiro atoms. The molecule has 0 amide bonds. The Labute approximate surface area is 123 Å². The number of halogens is 3. The summed E-state index contributed by atoms with van der Waals surface area (Å²) >= 11 is 0. The minimum absolute atomic E-state index is 0.104. The number of hydrogen-bond acceptors (Lipinski definition) is 2. The summed E-state index contributed by atoms with van der Waals surface area (Å²) in [5.74, 6) is -1.64. The van der Waals surface area contributed by atoms with Crippen molar-refractivity contribution in [1.82, 2.24) is 4.98 Å². The minimum Gasteiger partial charge on any atom is -0.477 e. The fraction of sp³-hybridized carbons (Fsp3) is 0.200. The topological polar surface area (TPSA) is 70.2 Å². The Hall–Kier alpha value is -2.57. The Kier molecular flexibility index (Phi) is 4.07. The van der Waals surface area contributed by atoms with E-state index in [0.717, 1.165) is 12.1 Å². The number of benzene rings is 1. The maximum absolute atomic E-state index is 12.6. The van der Waals surface area contributed by atoms with Gasteiger partial charge in [-0.1, -0.05) is 18.2 Å². The van der Waals surface area contributed by atoms with Crippen molar-refractivity contribution in [2.75, 3.05) is 0 Å². The molecule has 0 saturated heterocycles. The van der Waals surface area contributed by atoms with E-state index in [2.05, 4.69) is 4.98 Å². The fourth-order valence-electron chi connectivity index (χ4n) is 2.15. The van der Waals surface area contributed by atoms with Crippen LogP contribution in [-0.4, -0.2) is 21.8 Å². The van der Waals surface area contributed by atoms with E-state index in [-0.39, 0.29) is 28.8 Å². The number of aromatic nitrogens is 1. The molecule has 0 aliphatic carbocycles. The fourth-order valence-corrected chi connectivity index (χ4v) is 2.15. The predicted octanol–water partition coefficient (Wildman–Crippen LogP) is 3.47. The van der Waals surface area contributed by atoms with Crippen molar-refractivity contribution in [2.45, 2.75) is 19.5 Å². The molecule has 0 fully saturated rings. The van der Waals surface area contributed by atoms with Crippen molar-refractivity contribution in [3.05, 3.63) is 58.4 Å². The third-order valence-electron chi connectivity index (χ3n) is 3.27. The van der Waals surface area contributed by atoms with Gasteiger partial charge in [-0.3, -0.25) is 4.79 Å². The highest BCUT2D eigenvalue weighted by Crippen LogP contribution is 2.29. The van der Waals surface area contributed by atoms with Crippen LogP contribution in [0.4, 0.5) is 13.2 Å². The van der Waals surface area contributed by atoms with Crippen LogP contribution in [0.2, 0.25) is 0 Å². The van der Waals surface area contributed by atoms with Crippen molar-refractivity contribution in [2.24, 2.45) is 0 Å². The van der Waals surface area contributed by atoms with E-state index in [1.54, 1.807) is 0 Å². The molecule has 0 radical (unpaired) electrons. The van der Waals surface area contributed by atoms with Crippen molar-refractivity contribution in [3.63, 3.8) is 0 Å². The second kappa shape index (κ2) is 5.67. The summed E-state index contributed by atoms with van der Waals surface area (Å²) < 4.78 is 37.9. The van der Waals surface area contributed by atoms with Crippen molar-refractivity contribution in [1.29, 1.82) is 0 Å². The zero-order valence-electron chi connectivity index (χ0n) is 11.5. The molecule has 0 atom stereocenters. The third kappa shape index (κ3) is 3.19. The first-order valence-corrected chi connectivity index (χ1v) is 6.30. The molecule has 2 N–H and O–H groups in total. The summed E-state index contributed by atoms with van der Waals surface area (Å²) in [6, 6.07) is 4.50. The van der Waals surface area contributed by atoms with Crippen LogP contribution in [-0.2, 0) is 12.6 Å². The lowest BCUT2D eigenvalue weighted by Crippen LogP contribution is -2.08. The van der Waals surface area contributed by atoms with Gasteiger partial charge in [-0.15, -0.1) is 0 Å². The Morgan fingerprint density at radius 3 is 2.50 bits per heavy atom. The van der Waals surface area contributed by atoms with Crippen LogP contribution in [0.5, 0.6) is 0 Å². The zero-order chi connectivity index (χ0) is 16.5. The van der Waals surface area contributed by atoms with Crippen LogP contribution >= 0.6 is 0 Å². The Bertz CT molecular complexity index is 732. The number of rotatable bonds is 4. The summed E-state index contributed by atoms with van der Waals surface area (Å²) in [6.45, 7) is 1.47. The molecule has 0 saturated carbocycles. The van der Waals surface area contributed by atoms with Gasteiger partial charge in [0.1, 0.15) is 5.69 Å². The molecule has 0 aliphatic heterocycles. The second-order valence-corrected chi connectivity index (χ2v) is 4.81. The minimum atomic E-state index is -4.47. The van der Waals surface area contributed by atoms with E-state index in [1.165, 1.54) is 25.3 Å². The van der Waals surface area contributed by atoms with E-state index in [1.807, 2.05) is 0 Å². The quantitative estimate of drug-likeness (QED) is 0.849. The number of carboxylic acids is 1. The van der Waals surface area contributed by atoms with Gasteiger partial charge >= 0.3 is 12.1 Å². The van der Waals surface area contributed by atoms with Gasteiger partial charge in [0, 0.05) is 18.2 Å². The van der Waals surface area contributed by atoms with Crippen LogP contribution in [0.15, 0.2) is 30.5 Å². The van der Waals surface area contributed by atoms with Crippen LogP contribution in [0.25, 0.3) is 0 Å². The Morgan fingerprint density at radius 2 is 1.95 bits per heavy atom. The number of aromatic carboxylic acids is 1. The average Bonchev–Trinajstić information content (AvgIpc) is 2.80. The molecular formula is C15H12F3NO3. The maximum Gasteiger partial charge on any atom is 0.416 e. The van der Waals surface area contributed by atoms with Gasteiger partial charge in [0.25, 0.3) is 0 Å². The number of carbonyl (C=O) groups excluding carboxylic acids is 1. The molecule has 116 valence electrons. The van der Waals surface area contributed by atoms with E-state index < -0.39 is 23.5 Å². The molecule has 4 nitrogen and oxygen atoms in total. The zero-order valence-corrected chi connectivity index (χ0v) is 11.5. The number of carboxylic acid groups (broad SMARTS) is 1. The van der Waals surface area contributed by atoms with Crippen molar-refractivity contribution in [3.8, 4) is 0 Å². The van der Waals surface area contributed by atoms with Gasteiger partial charge in [-0.25, -0.2) is 4.79 Å². The highest BCUT2D eigenvalue weighted by molar-refractivity contribution is 6.01. The van der Waals surface area contributed by atoms with E-state index in [9.17, 15) is 22.8 Å². The summed E-state index contributed by atoms with van der Waals surface area (Å²) in [5, 5.41) is 8.91. The van der Waals surface area contributed by atoms with Gasteiger partial charge in [0.2, 0.25) is 0 Å². The van der Waals surface area contributed by atoms with E-state index >= 15 is 0 Å². The van der Waals surface area contributed by atoms with Gasteiger partial charge in [0.05, 0.1) is 5.56 Å². The van der Waals surface area contributed by atoms with E-state index in [4.69, 9.17) is 5.11 Å². The summed E-state index contributed by atoms with van der Waals surface area (Å²) in [5.41, 5.74) is -0.279. The Balaban J connectivity index is 2.25. The van der Waals surface area contributed by atoms with Crippen LogP contribution in [0, 0.1) is 6.92 Å². The van der Waals surface area contributed by atoms with Crippen LogP contribution < -0.4 is 0 Å². The highest BCUT2D eigenvalue weighted by Gasteiger charge is 2.30. The molecule has 1 aromatic heterocycles. The van der Waals surface area contributed by atoms with Gasteiger partial charge in [-0.2, -0.15) is 13.2 Å². The molecule has 2 rings (SSSR count). The predicted molar refractivity (Wildman–Crippen MR) is 72.0 cm³/mol. The molecule has 2 aromatic rings. The molecular weight excluding hydrogens is 299 g/mol. The lowest BCUT2D eigenvalue weighted by atomic mass is 10.0. The van der Waals surface area contributed by atoms with E-state index in [0.29, 0.717) is 0 Å². The molecule has 0 aliphatic rings. The van der Waals surface area contributed by atoms with Gasteiger partial charge < -0.3 is 10.1 Å². The standard InChI is InChI=1S/C15H12F3NO3/c1-8-11(7-19-13(8)14(21)22)12(20)6-9-3-2-4-10(5-9)15(16,17)18/h2-5,7,19H,6H2,1H3,(H,21,22). The first-order valence-electron chi connectivity index (χ1n) is 6.30. The summed E-state index contributed by atoms with van der Waals surface area (Å²) in [7, 11) is 0. The molecule has 1 aromatic carbocycles. The van der Waals surface area contributed by atoms with Crippen LogP contribution in [0.3, 0.4) is 0 Å². The Morgan fingerprint density at radius 1 is 1.27 bits per heavy atom. The normalized spacial score (nSPS) is 11.5. The SMILES string of the molecule is Cc1c(C(=O)Cc2cccc(C(F)(F)F)c2)c[nH]c1C(=O)O. The van der Waals surface area contributed by atoms with Gasteiger partial charge in [0.15, 0.2) is 5.78 Å². The molecule has 0 bridgehead atoms. The van der Waals surface area contributed by atoms with Crippen LogP contribution in [0.1, 0.15) is 37.5 Å². The largest absolute Gasteiger partial charge is 0.477 e. The number of H-pyrrole nitrogens is 1. The average molecular weight is 311 g/mol. The number of carbonyl (C=O) groups is 2. The smallest absolute Gasteiger partial charge is 0.416 e. The molecule has 0 unspecified atom stereocenters. The van der Waals surface area contributed by atoms with Crippen molar-refractivity contribution < 1.29 is 27.9 Å². The lowest BCUT2D eigenvalue weighted by Gasteiger charge is -2.08. The third-order valence-corrected chi connectivity index (χ3v) is 3.27. The number of nitrogens with one attached hydrogen (secondary N) is 1. The number of aromatic amines is 1. The molecule has 22 heavy (non-hydrogen) atoms. The lowest BCUT2D eigenvalue weighted by molar-refractivity contribution is -0.137. The highest BCUT2D eigenvalue weighted by atomic mass is 19.4. The molecule has 1 heterocycles. The first kappa shape index (κ1) is 15.8. The van der Waals surface area contributed by atoms with Crippen molar-refractivity contribution >= 4 is 11.8 Å². The maximum atomic E-state index is 12.6. The number of ketones is 1. The summed E-state index contributed by atoms with van der Waals surface area (Å²) in [6.07, 6.45) is -3.45. The monoisotopic (exact) mass is 311 g/mol. The summed E-state index contributed by atoms with van der Waals surface area (Å²) in [4.78, 5) is 25.5.